The lowest BCUT2D eigenvalue weighted by Gasteiger charge is -2.11. The first-order valence-electron chi connectivity index (χ1n) is 8.17. The van der Waals surface area contributed by atoms with Crippen LogP contribution in [0.2, 0.25) is 0 Å². The van der Waals surface area contributed by atoms with E-state index in [-0.39, 0.29) is 29.9 Å². The van der Waals surface area contributed by atoms with Gasteiger partial charge in [-0.2, -0.15) is 4.98 Å². The van der Waals surface area contributed by atoms with Crippen LogP contribution in [0.25, 0.3) is 0 Å². The van der Waals surface area contributed by atoms with E-state index < -0.39 is 0 Å². The molecule has 2 rings (SSSR count). The highest BCUT2D eigenvalue weighted by Crippen LogP contribution is 2.05. The van der Waals surface area contributed by atoms with Gasteiger partial charge in [0.25, 0.3) is 5.91 Å². The van der Waals surface area contributed by atoms with Gasteiger partial charge in [0.2, 0.25) is 5.89 Å². The average molecular weight is 472 g/mol. The zero-order chi connectivity index (χ0) is 18.1. The second-order valence-corrected chi connectivity index (χ2v) is 5.44. The van der Waals surface area contributed by atoms with Crippen molar-refractivity contribution in [1.82, 2.24) is 26.1 Å². The summed E-state index contributed by atoms with van der Waals surface area (Å²) in [7, 11) is 3.35. The number of nitrogens with zero attached hydrogens (tertiary/aromatic N) is 3. The largest absolute Gasteiger partial charge is 0.356 e. The average Bonchev–Trinajstić information content (AvgIpc) is 3.05. The van der Waals surface area contributed by atoms with Crippen LogP contribution in [0.15, 0.2) is 33.8 Å². The molecule has 26 heavy (non-hydrogen) atoms. The third-order valence-electron chi connectivity index (χ3n) is 3.55. The van der Waals surface area contributed by atoms with Gasteiger partial charge in [-0.05, 0) is 31.0 Å². The molecule has 0 saturated heterocycles. The molecule has 9 heteroatoms. The van der Waals surface area contributed by atoms with Crippen LogP contribution in [0.5, 0.6) is 0 Å². The van der Waals surface area contributed by atoms with E-state index in [9.17, 15) is 4.79 Å². The Kier molecular flexibility index (Phi) is 9.63. The van der Waals surface area contributed by atoms with Crippen LogP contribution in [-0.2, 0) is 12.8 Å². The van der Waals surface area contributed by atoms with Crippen molar-refractivity contribution in [1.29, 1.82) is 0 Å². The molecule has 142 valence electrons. The van der Waals surface area contributed by atoms with Crippen molar-refractivity contribution in [3.8, 4) is 0 Å². The summed E-state index contributed by atoms with van der Waals surface area (Å²) in [6.45, 7) is 3.14. The lowest BCUT2D eigenvalue weighted by atomic mass is 10.1. The molecule has 2 aromatic rings. The lowest BCUT2D eigenvalue weighted by Crippen LogP contribution is -2.39. The smallest absolute Gasteiger partial charge is 0.251 e. The Labute approximate surface area is 170 Å². The Balaban J connectivity index is 0.00000338. The Morgan fingerprint density at radius 2 is 1.96 bits per heavy atom. The molecule has 0 spiro atoms. The van der Waals surface area contributed by atoms with Crippen molar-refractivity contribution in [2.24, 2.45) is 4.99 Å². The number of carbonyl (C=O) groups excluding carboxylic acids is 1. The molecule has 0 aliphatic carbocycles. The maximum Gasteiger partial charge on any atom is 0.251 e. The van der Waals surface area contributed by atoms with Crippen LogP contribution in [0, 0.1) is 6.92 Å². The molecule has 0 radical (unpaired) electrons. The number of aryl methyl sites for hydroxylation is 1. The van der Waals surface area contributed by atoms with E-state index in [0.29, 0.717) is 42.7 Å². The number of hydrogen-bond acceptors (Lipinski definition) is 5. The summed E-state index contributed by atoms with van der Waals surface area (Å²) < 4.78 is 5.06. The molecular weight excluding hydrogens is 447 g/mol. The van der Waals surface area contributed by atoms with E-state index in [1.807, 2.05) is 18.2 Å². The highest BCUT2D eigenvalue weighted by molar-refractivity contribution is 14.0. The molecule has 1 aromatic heterocycles. The van der Waals surface area contributed by atoms with E-state index >= 15 is 0 Å². The molecule has 0 saturated carbocycles. The van der Waals surface area contributed by atoms with Gasteiger partial charge in [-0.25, -0.2) is 0 Å². The van der Waals surface area contributed by atoms with Gasteiger partial charge in [0.05, 0.1) is 0 Å². The molecule has 0 bridgehead atoms. The first-order chi connectivity index (χ1) is 12.1. The quantitative estimate of drug-likeness (QED) is 0.319. The Morgan fingerprint density at radius 1 is 1.23 bits per heavy atom. The van der Waals surface area contributed by atoms with Crippen molar-refractivity contribution in [2.75, 3.05) is 27.2 Å². The number of aliphatic imine (C=N–C) groups is 1. The third kappa shape index (κ3) is 6.98. The summed E-state index contributed by atoms with van der Waals surface area (Å²) in [5, 5.41) is 12.8. The number of carbonyl (C=O) groups is 1. The molecule has 0 fully saturated rings. The predicted octanol–water partition coefficient (Wildman–Crippen LogP) is 1.31. The minimum absolute atomic E-state index is 0. The number of guanidine groups is 1. The van der Waals surface area contributed by atoms with Gasteiger partial charge in [-0.15, -0.1) is 24.0 Å². The maximum absolute atomic E-state index is 11.7. The summed E-state index contributed by atoms with van der Waals surface area (Å²) >= 11 is 0. The molecule has 0 aliphatic rings. The SMILES string of the molecule is CN=C(NCCc1cccc(C(=O)NC)c1)NCCc1nc(C)no1.I. The second kappa shape index (κ2) is 11.4. The number of amides is 1. The standard InChI is InChI=1S/C17H24N6O2.HI/c1-12-22-15(25-23-12)8-10-21-17(19-3)20-9-7-13-5-4-6-14(11-13)16(24)18-2;/h4-6,11H,7-10H2,1-3H3,(H,18,24)(H2,19,20,21);1H. The Bertz CT molecular complexity index is 732. The van der Waals surface area contributed by atoms with Crippen LogP contribution in [0.4, 0.5) is 0 Å². The van der Waals surface area contributed by atoms with Crippen LogP contribution < -0.4 is 16.0 Å². The molecule has 0 atom stereocenters. The number of halogens is 1. The highest BCUT2D eigenvalue weighted by Gasteiger charge is 2.05. The summed E-state index contributed by atoms with van der Waals surface area (Å²) in [4.78, 5) is 20.0. The molecule has 3 N–H and O–H groups in total. The maximum atomic E-state index is 11.7. The van der Waals surface area contributed by atoms with Gasteiger partial charge in [-0.1, -0.05) is 17.3 Å². The van der Waals surface area contributed by atoms with Gasteiger partial charge in [0, 0.05) is 39.2 Å². The molecule has 0 unspecified atom stereocenters. The number of aromatic nitrogens is 2. The summed E-state index contributed by atoms with van der Waals surface area (Å²) in [6, 6.07) is 7.59. The molecular formula is C17H25IN6O2. The fourth-order valence-electron chi connectivity index (χ4n) is 2.29. The zero-order valence-electron chi connectivity index (χ0n) is 15.2. The van der Waals surface area contributed by atoms with Gasteiger partial charge >= 0.3 is 0 Å². The van der Waals surface area contributed by atoms with Gasteiger partial charge in [0.15, 0.2) is 11.8 Å². The fraction of sp³-hybridized carbons (Fsp3) is 0.412. The van der Waals surface area contributed by atoms with E-state index in [1.165, 1.54) is 0 Å². The van der Waals surface area contributed by atoms with E-state index in [1.54, 1.807) is 27.1 Å². The van der Waals surface area contributed by atoms with Crippen LogP contribution in [0.1, 0.15) is 27.6 Å². The summed E-state index contributed by atoms with van der Waals surface area (Å²) in [6.07, 6.45) is 1.42. The number of hydrogen-bond donors (Lipinski definition) is 3. The number of benzene rings is 1. The van der Waals surface area contributed by atoms with Crippen LogP contribution >= 0.6 is 24.0 Å². The zero-order valence-corrected chi connectivity index (χ0v) is 17.5. The van der Waals surface area contributed by atoms with Gasteiger partial charge in [0.1, 0.15) is 0 Å². The molecule has 1 amide bonds. The first kappa shape index (κ1) is 21.9. The number of nitrogens with one attached hydrogen (secondary N) is 3. The minimum Gasteiger partial charge on any atom is -0.356 e. The van der Waals surface area contributed by atoms with E-state index in [4.69, 9.17) is 4.52 Å². The topological polar surface area (TPSA) is 104 Å². The highest BCUT2D eigenvalue weighted by atomic mass is 127. The fourth-order valence-corrected chi connectivity index (χ4v) is 2.29. The third-order valence-corrected chi connectivity index (χ3v) is 3.55. The van der Waals surface area contributed by atoms with Crippen molar-refractivity contribution in [3.05, 3.63) is 47.1 Å². The minimum atomic E-state index is -0.0800. The Hall–Kier alpha value is -2.17. The van der Waals surface area contributed by atoms with E-state index in [2.05, 4.69) is 31.1 Å². The monoisotopic (exact) mass is 472 g/mol. The first-order valence-corrected chi connectivity index (χ1v) is 8.17. The predicted molar refractivity (Wildman–Crippen MR) is 111 cm³/mol. The van der Waals surface area contributed by atoms with Gasteiger partial charge < -0.3 is 20.5 Å². The van der Waals surface area contributed by atoms with Crippen LogP contribution in [0.3, 0.4) is 0 Å². The van der Waals surface area contributed by atoms with E-state index in [0.717, 1.165) is 12.0 Å². The van der Waals surface area contributed by atoms with Crippen molar-refractivity contribution in [2.45, 2.75) is 19.8 Å². The normalized spacial score (nSPS) is 10.8. The van der Waals surface area contributed by atoms with Crippen molar-refractivity contribution >= 4 is 35.8 Å². The molecule has 0 aliphatic heterocycles. The number of rotatable bonds is 7. The Morgan fingerprint density at radius 3 is 2.58 bits per heavy atom. The van der Waals surface area contributed by atoms with Crippen molar-refractivity contribution in [3.63, 3.8) is 0 Å². The van der Waals surface area contributed by atoms with Crippen LogP contribution in [-0.4, -0.2) is 49.2 Å². The van der Waals surface area contributed by atoms with Gasteiger partial charge in [-0.3, -0.25) is 9.79 Å². The lowest BCUT2D eigenvalue weighted by molar-refractivity contribution is 0.0963. The molecule has 1 heterocycles. The van der Waals surface area contributed by atoms with Crippen molar-refractivity contribution < 1.29 is 9.32 Å². The summed E-state index contributed by atoms with van der Waals surface area (Å²) in [5.41, 5.74) is 1.75. The summed E-state index contributed by atoms with van der Waals surface area (Å²) in [5.74, 6) is 1.87. The second-order valence-electron chi connectivity index (χ2n) is 5.44. The molecule has 1 aromatic carbocycles. The molecule has 8 nitrogen and oxygen atoms in total.